The summed E-state index contributed by atoms with van der Waals surface area (Å²) in [6, 6.07) is 10.7. The number of para-hydroxylation sites is 1. The highest BCUT2D eigenvalue weighted by Gasteiger charge is 2.39. The normalized spacial score (nSPS) is 15.7. The number of carbonyl (C=O) groups excluding carboxylic acids is 1. The molecule has 1 amide bonds. The molecular weight excluding hydrogens is 333 g/mol. The van der Waals surface area contributed by atoms with Crippen LogP contribution in [0.25, 0.3) is 0 Å². The number of rotatable bonds is 3. The van der Waals surface area contributed by atoms with Gasteiger partial charge in [0.2, 0.25) is 0 Å². The fraction of sp³-hybridized carbons (Fsp3) is 0.278. The molecule has 0 aromatic heterocycles. The van der Waals surface area contributed by atoms with Crippen molar-refractivity contribution in [1.29, 1.82) is 0 Å². The molecule has 1 aliphatic rings. The highest BCUT2D eigenvalue weighted by atomic mass is 19.4. The number of fused-ring (bicyclic) bond motifs is 1. The van der Waals surface area contributed by atoms with Gasteiger partial charge in [-0.3, -0.25) is 4.79 Å². The monoisotopic (exact) mass is 350 g/mol. The van der Waals surface area contributed by atoms with Crippen LogP contribution in [0.3, 0.4) is 0 Å². The molecule has 4 nitrogen and oxygen atoms in total. The van der Waals surface area contributed by atoms with Crippen LogP contribution in [0.15, 0.2) is 42.5 Å². The maximum atomic E-state index is 13.0. The lowest BCUT2D eigenvalue weighted by Gasteiger charge is -2.28. The number of anilines is 1. The zero-order chi connectivity index (χ0) is 18.2. The number of nitrogens with two attached hydrogens (primary N) is 1. The zero-order valence-electron chi connectivity index (χ0n) is 13.2. The Balaban J connectivity index is 1.88. The van der Waals surface area contributed by atoms with Gasteiger partial charge in [0.1, 0.15) is 0 Å². The van der Waals surface area contributed by atoms with Crippen LogP contribution in [-0.4, -0.2) is 23.2 Å². The number of halogens is 3. The summed E-state index contributed by atoms with van der Waals surface area (Å²) in [5.41, 5.74) is 4.70. The van der Waals surface area contributed by atoms with Crippen molar-refractivity contribution in [2.45, 2.75) is 24.6 Å². The molecule has 2 aromatic carbocycles. The quantitative estimate of drug-likeness (QED) is 0.745. The van der Waals surface area contributed by atoms with Crippen molar-refractivity contribution in [3.05, 3.63) is 64.7 Å². The predicted molar refractivity (Wildman–Crippen MR) is 87.0 cm³/mol. The number of hydrogen-bond donors (Lipinski definition) is 3. The maximum Gasteiger partial charge on any atom is 0.418 e. The smallest absolute Gasteiger partial charge is 0.398 e. The molecule has 3 rings (SSSR count). The molecule has 25 heavy (non-hydrogen) atoms. The van der Waals surface area contributed by atoms with Crippen molar-refractivity contribution in [3.8, 4) is 0 Å². The molecule has 1 aliphatic carbocycles. The number of nitrogens with one attached hydrogen (secondary N) is 1. The lowest BCUT2D eigenvalue weighted by molar-refractivity contribution is -0.136. The molecular formula is C18H17F3N2O2. The van der Waals surface area contributed by atoms with Gasteiger partial charge >= 0.3 is 6.18 Å². The summed E-state index contributed by atoms with van der Waals surface area (Å²) in [7, 11) is 0. The van der Waals surface area contributed by atoms with Gasteiger partial charge < -0.3 is 16.2 Å². The summed E-state index contributed by atoms with van der Waals surface area (Å²) < 4.78 is 38.9. The van der Waals surface area contributed by atoms with Crippen LogP contribution in [0.4, 0.5) is 18.9 Å². The summed E-state index contributed by atoms with van der Waals surface area (Å²) in [5, 5.41) is 12.5. The molecule has 0 bridgehead atoms. The third-order valence-electron chi connectivity index (χ3n) is 4.51. The first-order valence-electron chi connectivity index (χ1n) is 7.72. The first-order chi connectivity index (χ1) is 11.8. The van der Waals surface area contributed by atoms with Crippen molar-refractivity contribution in [3.63, 3.8) is 0 Å². The summed E-state index contributed by atoms with van der Waals surface area (Å²) in [5.74, 6) is -0.731. The third-order valence-corrected chi connectivity index (χ3v) is 4.51. The second-order valence-corrected chi connectivity index (χ2v) is 6.28. The van der Waals surface area contributed by atoms with Crippen LogP contribution in [-0.2, 0) is 19.0 Å². The topological polar surface area (TPSA) is 75.4 Å². The molecule has 0 fully saturated rings. The lowest BCUT2D eigenvalue weighted by atomic mass is 9.95. The molecule has 0 heterocycles. The summed E-state index contributed by atoms with van der Waals surface area (Å²) >= 11 is 0. The third kappa shape index (κ3) is 3.19. The van der Waals surface area contributed by atoms with E-state index in [0.717, 1.165) is 23.3 Å². The summed E-state index contributed by atoms with van der Waals surface area (Å²) in [6.45, 7) is -0.327. The summed E-state index contributed by atoms with van der Waals surface area (Å²) in [4.78, 5) is 12.5. The number of nitrogen functional groups attached to an aromatic ring is 1. The van der Waals surface area contributed by atoms with Gasteiger partial charge in [-0.15, -0.1) is 0 Å². The van der Waals surface area contributed by atoms with Gasteiger partial charge in [-0.2, -0.15) is 13.2 Å². The van der Waals surface area contributed by atoms with Crippen LogP contribution in [0.5, 0.6) is 0 Å². The minimum atomic E-state index is -4.64. The van der Waals surface area contributed by atoms with Gasteiger partial charge in [-0.25, -0.2) is 0 Å². The van der Waals surface area contributed by atoms with Gasteiger partial charge in [0.25, 0.3) is 5.91 Å². The Morgan fingerprint density at radius 2 is 1.72 bits per heavy atom. The van der Waals surface area contributed by atoms with E-state index in [0.29, 0.717) is 12.8 Å². The average Bonchev–Trinajstić information content (AvgIpc) is 2.92. The predicted octanol–water partition coefficient (Wildman–Crippen LogP) is 2.55. The number of carbonyl (C=O) groups is 1. The number of alkyl halides is 3. The number of amides is 1. The first-order valence-corrected chi connectivity index (χ1v) is 7.72. The van der Waals surface area contributed by atoms with Crippen molar-refractivity contribution in [1.82, 2.24) is 5.32 Å². The standard InChI is InChI=1S/C18H17F3N2O2/c19-18(20,21)14-7-3-6-13(15(14)22)16(25)23-17(10-24)8-11-4-1-2-5-12(11)9-17/h1-7,24H,8-10,22H2,(H,23,25). The molecule has 0 radical (unpaired) electrons. The van der Waals surface area contributed by atoms with E-state index in [1.807, 2.05) is 24.3 Å². The van der Waals surface area contributed by atoms with E-state index in [4.69, 9.17) is 5.73 Å². The molecule has 0 spiro atoms. The van der Waals surface area contributed by atoms with Crippen LogP contribution < -0.4 is 11.1 Å². The number of hydrogen-bond acceptors (Lipinski definition) is 3. The first kappa shape index (κ1) is 17.3. The van der Waals surface area contributed by atoms with E-state index in [-0.39, 0.29) is 12.2 Å². The second-order valence-electron chi connectivity index (χ2n) is 6.28. The van der Waals surface area contributed by atoms with E-state index >= 15 is 0 Å². The van der Waals surface area contributed by atoms with Gasteiger partial charge in [-0.1, -0.05) is 30.3 Å². The highest BCUT2D eigenvalue weighted by Crippen LogP contribution is 2.35. The van der Waals surface area contributed by atoms with Crippen LogP contribution in [0.1, 0.15) is 27.0 Å². The van der Waals surface area contributed by atoms with E-state index < -0.39 is 28.9 Å². The molecule has 132 valence electrons. The van der Waals surface area contributed by atoms with Crippen molar-refractivity contribution in [2.75, 3.05) is 12.3 Å². The molecule has 0 unspecified atom stereocenters. The minimum Gasteiger partial charge on any atom is -0.398 e. The Hall–Kier alpha value is -2.54. The Labute approximate surface area is 142 Å². The largest absolute Gasteiger partial charge is 0.418 e. The number of aliphatic hydroxyl groups excluding tert-OH is 1. The minimum absolute atomic E-state index is 0.251. The Bertz CT molecular complexity index is 793. The van der Waals surface area contributed by atoms with Gasteiger partial charge in [0.05, 0.1) is 29.0 Å². The zero-order valence-corrected chi connectivity index (χ0v) is 13.2. The number of aliphatic hydroxyl groups is 1. The van der Waals surface area contributed by atoms with E-state index in [1.165, 1.54) is 6.07 Å². The van der Waals surface area contributed by atoms with Gasteiger partial charge in [0, 0.05) is 0 Å². The fourth-order valence-corrected chi connectivity index (χ4v) is 3.25. The van der Waals surface area contributed by atoms with Crippen molar-refractivity contribution < 1.29 is 23.1 Å². The van der Waals surface area contributed by atoms with Gasteiger partial charge in [-0.05, 0) is 36.1 Å². The Morgan fingerprint density at radius 3 is 2.24 bits per heavy atom. The molecule has 0 aliphatic heterocycles. The Kier molecular flexibility index (Phi) is 4.20. The van der Waals surface area contributed by atoms with Crippen LogP contribution >= 0.6 is 0 Å². The summed E-state index contributed by atoms with van der Waals surface area (Å²) in [6.07, 6.45) is -3.83. The molecule has 4 N–H and O–H groups in total. The van der Waals surface area contributed by atoms with Crippen LogP contribution in [0.2, 0.25) is 0 Å². The molecule has 2 aromatic rings. The fourth-order valence-electron chi connectivity index (χ4n) is 3.25. The lowest BCUT2D eigenvalue weighted by Crippen LogP contribution is -2.52. The highest BCUT2D eigenvalue weighted by molar-refractivity contribution is 6.00. The van der Waals surface area contributed by atoms with Gasteiger partial charge in [0.15, 0.2) is 0 Å². The van der Waals surface area contributed by atoms with E-state index in [2.05, 4.69) is 5.32 Å². The SMILES string of the molecule is Nc1c(C(=O)NC2(CO)Cc3ccccc3C2)cccc1C(F)(F)F. The second kappa shape index (κ2) is 6.07. The molecule has 0 atom stereocenters. The van der Waals surface area contributed by atoms with Crippen molar-refractivity contribution in [2.24, 2.45) is 0 Å². The van der Waals surface area contributed by atoms with E-state index in [9.17, 15) is 23.1 Å². The number of benzene rings is 2. The molecule has 0 saturated carbocycles. The average molecular weight is 350 g/mol. The Morgan fingerprint density at radius 1 is 1.12 bits per heavy atom. The molecule has 7 heteroatoms. The maximum absolute atomic E-state index is 13.0. The van der Waals surface area contributed by atoms with Crippen molar-refractivity contribution >= 4 is 11.6 Å². The van der Waals surface area contributed by atoms with Crippen LogP contribution in [0, 0.1) is 0 Å². The van der Waals surface area contributed by atoms with E-state index in [1.54, 1.807) is 0 Å². The molecule has 0 saturated heterocycles.